The standard InChI is InChI=1S/C16H16Cl4N6P2/c1-23-21-15(13-9-5-3-6-10-13)25-27(17,18,19)26-16(14-11-7-4-8-12-14)22-24(2)28(23,25,26)20/h3-12H,1-2H3. The molecule has 0 atom stereocenters. The van der Waals surface area contributed by atoms with Crippen molar-refractivity contribution in [1.29, 1.82) is 0 Å². The number of hydrogen-bond donors (Lipinski definition) is 0. The van der Waals surface area contributed by atoms with E-state index in [1.807, 2.05) is 60.7 Å². The molecule has 0 N–H and O–H groups in total. The fourth-order valence-electron chi connectivity index (χ4n) is 3.95. The second-order valence-corrected chi connectivity index (χ2v) is 22.4. The van der Waals surface area contributed by atoms with E-state index in [2.05, 4.69) is 0 Å². The fourth-order valence-corrected chi connectivity index (χ4v) is 26.6. The van der Waals surface area contributed by atoms with Gasteiger partial charge in [-0.3, -0.25) is 0 Å². The average Bonchev–Trinajstić information content (AvgIpc) is 3.04. The van der Waals surface area contributed by atoms with Crippen LogP contribution in [0.1, 0.15) is 11.1 Å². The summed E-state index contributed by atoms with van der Waals surface area (Å²) in [5.41, 5.74) is 1.65. The number of nitrogens with zero attached hydrogens (tertiary/aromatic N) is 6. The molecule has 0 aliphatic carbocycles. The normalized spacial score (nSPS) is 27.9. The third-order valence-corrected chi connectivity index (χ3v) is 22.1. The van der Waals surface area contributed by atoms with Crippen LogP contribution in [-0.2, 0) is 0 Å². The van der Waals surface area contributed by atoms with E-state index < -0.39 is 11.5 Å². The van der Waals surface area contributed by atoms with E-state index in [0.29, 0.717) is 11.7 Å². The van der Waals surface area contributed by atoms with Gasteiger partial charge in [-0.2, -0.15) is 0 Å². The van der Waals surface area contributed by atoms with Crippen LogP contribution in [0.2, 0.25) is 0 Å². The molecule has 28 heavy (non-hydrogen) atoms. The van der Waals surface area contributed by atoms with Gasteiger partial charge in [-0.05, 0) is 0 Å². The zero-order chi connectivity index (χ0) is 20.0. The van der Waals surface area contributed by atoms with Crippen molar-refractivity contribution >= 4 is 68.2 Å². The number of halogens is 4. The summed E-state index contributed by atoms with van der Waals surface area (Å²) in [5.74, 6) is 1.09. The van der Waals surface area contributed by atoms with Crippen LogP contribution in [0.15, 0.2) is 70.9 Å². The zero-order valence-corrected chi connectivity index (χ0v) is 19.7. The van der Waals surface area contributed by atoms with Crippen LogP contribution in [0, 0.1) is 0 Å². The molecule has 5 rings (SSSR count). The Bertz CT molecular complexity index is 976. The molecule has 0 bridgehead atoms. The minimum absolute atomic E-state index is 0.543. The molecule has 0 amide bonds. The Morgan fingerprint density at radius 3 is 1.36 bits per heavy atom. The summed E-state index contributed by atoms with van der Waals surface area (Å²) < 4.78 is 6.87. The van der Waals surface area contributed by atoms with E-state index in [4.69, 9.17) is 55.2 Å². The van der Waals surface area contributed by atoms with Gasteiger partial charge in [0.25, 0.3) is 0 Å². The van der Waals surface area contributed by atoms with E-state index in [-0.39, 0.29) is 0 Å². The van der Waals surface area contributed by atoms with Gasteiger partial charge in [-0.1, -0.05) is 0 Å². The van der Waals surface area contributed by atoms with E-state index in [1.165, 1.54) is 0 Å². The van der Waals surface area contributed by atoms with Crippen LogP contribution in [0.3, 0.4) is 0 Å². The first-order chi connectivity index (χ1) is 13.1. The predicted molar refractivity (Wildman–Crippen MR) is 122 cm³/mol. The van der Waals surface area contributed by atoms with Crippen molar-refractivity contribution in [2.75, 3.05) is 14.1 Å². The summed E-state index contributed by atoms with van der Waals surface area (Å²) in [4.78, 5) is -4.20. The van der Waals surface area contributed by atoms with Gasteiger partial charge in [0.15, 0.2) is 0 Å². The summed E-state index contributed by atoms with van der Waals surface area (Å²) >= 11 is 28.5. The average molecular weight is 496 g/mol. The van der Waals surface area contributed by atoms with Crippen molar-refractivity contribution < 1.29 is 0 Å². The Morgan fingerprint density at radius 2 is 1.00 bits per heavy atom. The summed E-state index contributed by atoms with van der Waals surface area (Å²) in [6.45, 7) is -3.83. The fraction of sp³-hybridized carbons (Fsp3) is 0.125. The van der Waals surface area contributed by atoms with Gasteiger partial charge in [0.2, 0.25) is 0 Å². The minimum atomic E-state index is -4.20. The molecular weight excluding hydrogens is 480 g/mol. The van der Waals surface area contributed by atoms with Crippen molar-refractivity contribution in [3.05, 3.63) is 71.8 Å². The van der Waals surface area contributed by atoms with Crippen LogP contribution < -0.4 is 0 Å². The van der Waals surface area contributed by atoms with Gasteiger partial charge >= 0.3 is 183 Å². The molecule has 1 saturated heterocycles. The van der Waals surface area contributed by atoms with Crippen molar-refractivity contribution in [3.63, 3.8) is 0 Å². The molecule has 12 heteroatoms. The summed E-state index contributed by atoms with van der Waals surface area (Å²) in [7, 11) is 3.61. The van der Waals surface area contributed by atoms with Gasteiger partial charge in [0.1, 0.15) is 0 Å². The maximum atomic E-state index is 7.51. The maximum absolute atomic E-state index is 7.51. The second kappa shape index (κ2) is 5.37. The molecular formula is C16H16Cl4N6P2. The number of hydrazone groups is 2. The number of rotatable bonds is 2. The van der Waals surface area contributed by atoms with Crippen molar-refractivity contribution in [2.24, 2.45) is 10.2 Å². The second-order valence-electron chi connectivity index (χ2n) is 6.71. The number of benzene rings is 2. The molecule has 2 aromatic rings. The molecule has 3 heterocycles. The third-order valence-electron chi connectivity index (χ3n) is 5.17. The summed E-state index contributed by atoms with van der Waals surface area (Å²) in [6, 6.07) is 19.2. The first kappa shape index (κ1) is 19.0. The van der Waals surface area contributed by atoms with Gasteiger partial charge in [-0.15, -0.1) is 0 Å². The van der Waals surface area contributed by atoms with Crippen molar-refractivity contribution in [1.82, 2.24) is 18.4 Å². The van der Waals surface area contributed by atoms with Crippen LogP contribution in [0.4, 0.5) is 0 Å². The van der Waals surface area contributed by atoms with Crippen LogP contribution in [0.25, 0.3) is 0 Å². The topological polar surface area (TPSA) is 37.7 Å². The quantitative estimate of drug-likeness (QED) is 0.450. The zero-order valence-electron chi connectivity index (χ0n) is 14.9. The molecule has 6 nitrogen and oxygen atoms in total. The first-order valence-electron chi connectivity index (χ1n) is 8.39. The van der Waals surface area contributed by atoms with Crippen LogP contribution in [0.5, 0.6) is 0 Å². The van der Waals surface area contributed by atoms with Gasteiger partial charge in [-0.25, -0.2) is 0 Å². The molecule has 0 aromatic heterocycles. The van der Waals surface area contributed by atoms with Crippen LogP contribution >= 0.6 is 56.5 Å². The summed E-state index contributed by atoms with van der Waals surface area (Å²) in [6.07, 6.45) is 0. The number of hydrogen-bond acceptors (Lipinski definition) is 6. The molecule has 148 valence electrons. The molecule has 3 aliphatic rings. The van der Waals surface area contributed by atoms with Crippen molar-refractivity contribution in [2.45, 2.75) is 0 Å². The van der Waals surface area contributed by atoms with Crippen molar-refractivity contribution in [3.8, 4) is 0 Å². The molecule has 0 saturated carbocycles. The molecule has 0 radical (unpaired) electrons. The molecule has 0 unspecified atom stereocenters. The Balaban J connectivity index is 1.74. The van der Waals surface area contributed by atoms with Gasteiger partial charge in [0.05, 0.1) is 0 Å². The van der Waals surface area contributed by atoms with E-state index in [1.54, 1.807) is 32.5 Å². The molecule has 2 aromatic carbocycles. The Labute approximate surface area is 182 Å². The first-order valence-corrected chi connectivity index (χ1v) is 16.2. The van der Waals surface area contributed by atoms with E-state index in [9.17, 15) is 0 Å². The van der Waals surface area contributed by atoms with Crippen LogP contribution in [-0.4, -0.2) is 44.2 Å². The monoisotopic (exact) mass is 494 g/mol. The van der Waals surface area contributed by atoms with E-state index in [0.717, 1.165) is 11.1 Å². The SMILES string of the molecule is CN1N=C(c2ccccc2)N2P(Cl)(Cl)(Cl)N3C(c4ccccc4)=NN(C)P123Cl. The molecule has 1 spiro atoms. The number of amidine groups is 2. The molecule has 1 fully saturated rings. The Kier molecular flexibility index (Phi) is 3.64. The van der Waals surface area contributed by atoms with Gasteiger partial charge in [0, 0.05) is 0 Å². The Hall–Kier alpha value is -1.000. The molecule has 3 aliphatic heterocycles. The Morgan fingerprint density at radius 1 is 0.643 bits per heavy atom. The summed E-state index contributed by atoms with van der Waals surface area (Å²) in [5, 5.41) is 9.46. The predicted octanol–water partition coefficient (Wildman–Crippen LogP) is 6.43. The van der Waals surface area contributed by atoms with E-state index >= 15 is 0 Å². The van der Waals surface area contributed by atoms with Gasteiger partial charge < -0.3 is 0 Å². The third kappa shape index (κ3) is 1.90.